The number of rotatable bonds is 3. The predicted molar refractivity (Wildman–Crippen MR) is 78.0 cm³/mol. The van der Waals surface area contributed by atoms with Crippen molar-refractivity contribution in [2.45, 2.75) is 6.42 Å². The lowest BCUT2D eigenvalue weighted by Crippen LogP contribution is -1.92. The van der Waals surface area contributed by atoms with Gasteiger partial charge in [0.25, 0.3) is 0 Å². The molecule has 0 bridgehead atoms. The highest BCUT2D eigenvalue weighted by Crippen LogP contribution is 2.18. The standard InChI is InChI=1S/C12H14N2OS2/c1-16-12(17-15)13-7-6-9-8-14-11-5-3-2-4-10(9)11/h2-5,8,14-15H,6-7H2,1H3. The SMILES string of the molecule is CSC(=NCCc1c[nH]c2ccccc12)SO. The molecular formula is C12H14N2OS2. The van der Waals surface area contributed by atoms with Crippen LogP contribution in [0, 0.1) is 0 Å². The Morgan fingerprint density at radius 2 is 2.24 bits per heavy atom. The lowest BCUT2D eigenvalue weighted by molar-refractivity contribution is 0.673. The molecule has 2 rings (SSSR count). The van der Waals surface area contributed by atoms with E-state index in [1.165, 1.54) is 22.7 Å². The van der Waals surface area contributed by atoms with Crippen molar-refractivity contribution in [1.82, 2.24) is 4.98 Å². The summed E-state index contributed by atoms with van der Waals surface area (Å²) < 4.78 is 9.63. The summed E-state index contributed by atoms with van der Waals surface area (Å²) >= 11 is 2.18. The third-order valence-corrected chi connectivity index (χ3v) is 4.04. The zero-order valence-corrected chi connectivity index (χ0v) is 11.1. The first-order valence-electron chi connectivity index (χ1n) is 5.30. The fraction of sp³-hybridized carbons (Fsp3) is 0.250. The summed E-state index contributed by atoms with van der Waals surface area (Å²) in [5.41, 5.74) is 2.43. The molecule has 0 spiro atoms. The molecule has 1 heterocycles. The van der Waals surface area contributed by atoms with Gasteiger partial charge >= 0.3 is 0 Å². The normalized spacial score (nSPS) is 12.2. The van der Waals surface area contributed by atoms with Crippen LogP contribution in [-0.4, -0.2) is 26.7 Å². The quantitative estimate of drug-likeness (QED) is 0.506. The van der Waals surface area contributed by atoms with Crippen molar-refractivity contribution in [1.29, 1.82) is 0 Å². The van der Waals surface area contributed by atoms with Gasteiger partial charge in [-0.05, 0) is 24.3 Å². The van der Waals surface area contributed by atoms with Crippen LogP contribution >= 0.6 is 23.8 Å². The van der Waals surface area contributed by atoms with Crippen molar-refractivity contribution in [3.05, 3.63) is 36.0 Å². The number of aromatic amines is 1. The molecule has 0 aliphatic heterocycles. The van der Waals surface area contributed by atoms with Gasteiger partial charge in [0.15, 0.2) is 4.38 Å². The number of nitrogens with one attached hydrogen (secondary N) is 1. The van der Waals surface area contributed by atoms with E-state index < -0.39 is 0 Å². The van der Waals surface area contributed by atoms with Gasteiger partial charge in [-0.25, -0.2) is 0 Å². The minimum Gasteiger partial charge on any atom is -0.361 e. The van der Waals surface area contributed by atoms with Gasteiger partial charge in [-0.3, -0.25) is 4.99 Å². The number of aromatic nitrogens is 1. The molecule has 1 aromatic heterocycles. The van der Waals surface area contributed by atoms with Gasteiger partial charge in [-0.2, -0.15) is 0 Å². The fourth-order valence-corrected chi connectivity index (χ4v) is 2.40. The highest BCUT2D eigenvalue weighted by Gasteiger charge is 2.02. The van der Waals surface area contributed by atoms with Gasteiger partial charge in [0, 0.05) is 23.6 Å². The van der Waals surface area contributed by atoms with Gasteiger partial charge in [0.2, 0.25) is 0 Å². The maximum atomic E-state index is 8.91. The van der Waals surface area contributed by atoms with Crippen molar-refractivity contribution in [2.24, 2.45) is 4.99 Å². The second-order valence-corrected chi connectivity index (χ2v) is 5.18. The highest BCUT2D eigenvalue weighted by atomic mass is 32.2. The molecule has 90 valence electrons. The Balaban J connectivity index is 2.07. The first kappa shape index (κ1) is 12.5. The van der Waals surface area contributed by atoms with E-state index in [9.17, 15) is 0 Å². The molecular weight excluding hydrogens is 252 g/mol. The number of nitrogens with zero attached hydrogens (tertiary/aromatic N) is 1. The number of hydrogen-bond donors (Lipinski definition) is 2. The lowest BCUT2D eigenvalue weighted by Gasteiger charge is -1.98. The Morgan fingerprint density at radius 1 is 1.41 bits per heavy atom. The maximum Gasteiger partial charge on any atom is 0.151 e. The fourth-order valence-electron chi connectivity index (χ4n) is 1.74. The van der Waals surface area contributed by atoms with E-state index in [1.807, 2.05) is 24.6 Å². The number of H-pyrrole nitrogens is 1. The van der Waals surface area contributed by atoms with Crippen LogP contribution in [0.15, 0.2) is 35.5 Å². The lowest BCUT2D eigenvalue weighted by atomic mass is 10.1. The molecule has 0 amide bonds. The van der Waals surface area contributed by atoms with Crippen molar-refractivity contribution in [3.63, 3.8) is 0 Å². The minimum absolute atomic E-state index is 0.700. The number of para-hydroxylation sites is 1. The smallest absolute Gasteiger partial charge is 0.151 e. The van der Waals surface area contributed by atoms with E-state index in [-0.39, 0.29) is 0 Å². The highest BCUT2D eigenvalue weighted by molar-refractivity contribution is 8.36. The molecule has 0 unspecified atom stereocenters. The Kier molecular flexibility index (Phi) is 4.53. The largest absolute Gasteiger partial charge is 0.361 e. The third kappa shape index (κ3) is 3.06. The Morgan fingerprint density at radius 3 is 3.00 bits per heavy atom. The number of hydrogen-bond acceptors (Lipinski definition) is 4. The summed E-state index contributed by atoms with van der Waals surface area (Å²) in [6, 6.07) is 8.25. The monoisotopic (exact) mass is 266 g/mol. The van der Waals surface area contributed by atoms with Crippen LogP contribution < -0.4 is 0 Å². The first-order chi connectivity index (χ1) is 8.35. The summed E-state index contributed by atoms with van der Waals surface area (Å²) in [6.07, 6.45) is 4.83. The zero-order valence-electron chi connectivity index (χ0n) is 9.51. The molecule has 5 heteroatoms. The van der Waals surface area contributed by atoms with Crippen LogP contribution in [0.5, 0.6) is 0 Å². The molecule has 0 radical (unpaired) electrons. The van der Waals surface area contributed by atoms with Crippen molar-refractivity contribution < 1.29 is 4.55 Å². The molecule has 2 aromatic rings. The van der Waals surface area contributed by atoms with Crippen LogP contribution in [-0.2, 0) is 6.42 Å². The van der Waals surface area contributed by atoms with Crippen LogP contribution in [0.1, 0.15) is 5.56 Å². The predicted octanol–water partition coefficient (Wildman–Crippen LogP) is 3.64. The molecule has 0 atom stereocenters. The van der Waals surface area contributed by atoms with E-state index in [2.05, 4.69) is 22.1 Å². The van der Waals surface area contributed by atoms with Gasteiger partial charge in [0.05, 0.1) is 12.0 Å². The van der Waals surface area contributed by atoms with Crippen LogP contribution in [0.4, 0.5) is 0 Å². The van der Waals surface area contributed by atoms with E-state index >= 15 is 0 Å². The number of aliphatic imine (C=N–C) groups is 1. The van der Waals surface area contributed by atoms with Gasteiger partial charge in [-0.15, -0.1) is 11.8 Å². The Hall–Kier alpha value is -0.910. The summed E-state index contributed by atoms with van der Waals surface area (Å²) in [5.74, 6) is 0. The molecule has 2 N–H and O–H groups in total. The molecule has 0 saturated carbocycles. The molecule has 0 fully saturated rings. The first-order valence-corrected chi connectivity index (χ1v) is 7.30. The Bertz CT molecular complexity index is 516. The summed E-state index contributed by atoms with van der Waals surface area (Å²) in [6.45, 7) is 0.700. The topological polar surface area (TPSA) is 48.4 Å². The van der Waals surface area contributed by atoms with E-state index in [1.54, 1.807) is 0 Å². The third-order valence-electron chi connectivity index (χ3n) is 2.55. The average molecular weight is 266 g/mol. The maximum absolute atomic E-state index is 8.91. The zero-order chi connectivity index (χ0) is 12.1. The molecule has 17 heavy (non-hydrogen) atoms. The molecule has 3 nitrogen and oxygen atoms in total. The summed E-state index contributed by atoms with van der Waals surface area (Å²) in [5, 5.41) is 1.25. The number of benzene rings is 1. The number of thioether (sulfide) groups is 1. The summed E-state index contributed by atoms with van der Waals surface area (Å²) in [7, 11) is 0. The van der Waals surface area contributed by atoms with E-state index in [0.717, 1.165) is 11.9 Å². The van der Waals surface area contributed by atoms with Gasteiger partial charge < -0.3 is 9.54 Å². The van der Waals surface area contributed by atoms with Gasteiger partial charge in [0.1, 0.15) is 0 Å². The molecule has 0 aliphatic rings. The summed E-state index contributed by atoms with van der Waals surface area (Å²) in [4.78, 5) is 7.57. The van der Waals surface area contributed by atoms with Crippen molar-refractivity contribution >= 4 is 39.1 Å². The Labute approximate surface area is 109 Å². The van der Waals surface area contributed by atoms with Crippen molar-refractivity contribution in [2.75, 3.05) is 12.8 Å². The van der Waals surface area contributed by atoms with Crippen LogP contribution in [0.3, 0.4) is 0 Å². The molecule has 1 aromatic carbocycles. The second kappa shape index (κ2) is 6.14. The number of fused-ring (bicyclic) bond motifs is 1. The average Bonchev–Trinajstić information content (AvgIpc) is 2.78. The van der Waals surface area contributed by atoms with E-state index in [0.29, 0.717) is 23.0 Å². The van der Waals surface area contributed by atoms with Crippen molar-refractivity contribution in [3.8, 4) is 0 Å². The van der Waals surface area contributed by atoms with Crippen LogP contribution in [0.25, 0.3) is 10.9 Å². The minimum atomic E-state index is 0.700. The second-order valence-electron chi connectivity index (χ2n) is 3.55. The molecule has 0 aliphatic carbocycles. The van der Waals surface area contributed by atoms with E-state index in [4.69, 9.17) is 4.55 Å². The molecule has 0 saturated heterocycles. The van der Waals surface area contributed by atoms with Crippen LogP contribution in [0.2, 0.25) is 0 Å². The van der Waals surface area contributed by atoms with Gasteiger partial charge in [-0.1, -0.05) is 18.2 Å².